The first-order valence-corrected chi connectivity index (χ1v) is 10.8. The van der Waals surface area contributed by atoms with Gasteiger partial charge in [-0.25, -0.2) is 0 Å². The van der Waals surface area contributed by atoms with Crippen LogP contribution in [0.3, 0.4) is 0 Å². The molecule has 2 heterocycles. The Kier molecular flexibility index (Phi) is 5.53. The van der Waals surface area contributed by atoms with Gasteiger partial charge in [-0.2, -0.15) is 0 Å². The fraction of sp³-hybridized carbons (Fsp3) is 0.136. The molecule has 30 heavy (non-hydrogen) atoms. The Hall–Kier alpha value is -2.84. The minimum Gasteiger partial charge on any atom is -0.480 e. The molecule has 3 aromatic rings. The maximum Gasteiger partial charge on any atom is 0.323 e. The van der Waals surface area contributed by atoms with Crippen molar-refractivity contribution in [2.75, 3.05) is 6.54 Å². The zero-order valence-electron chi connectivity index (χ0n) is 16.0. The molecule has 0 spiro atoms. The van der Waals surface area contributed by atoms with Crippen LogP contribution in [0.1, 0.15) is 16.8 Å². The van der Waals surface area contributed by atoms with E-state index in [2.05, 4.69) is 32.6 Å². The van der Waals surface area contributed by atoms with Gasteiger partial charge in [0, 0.05) is 33.2 Å². The van der Waals surface area contributed by atoms with Crippen molar-refractivity contribution in [2.24, 2.45) is 0 Å². The monoisotopic (exact) mass is 484 g/mol. The van der Waals surface area contributed by atoms with Crippen molar-refractivity contribution in [2.45, 2.75) is 13.5 Å². The molecule has 1 saturated heterocycles. The van der Waals surface area contributed by atoms with Gasteiger partial charge in [-0.05, 0) is 48.5 Å². The molecule has 0 bridgehead atoms. The lowest BCUT2D eigenvalue weighted by Crippen LogP contribution is -2.33. The Morgan fingerprint density at radius 1 is 1.13 bits per heavy atom. The molecule has 0 aliphatic carbocycles. The Morgan fingerprint density at radius 3 is 2.53 bits per heavy atom. The third-order valence-electron chi connectivity index (χ3n) is 4.98. The maximum atomic E-state index is 12.6. The molecule has 1 aliphatic heterocycles. The number of imide groups is 1. The van der Waals surface area contributed by atoms with Crippen molar-refractivity contribution >= 4 is 61.8 Å². The van der Waals surface area contributed by atoms with Gasteiger partial charge in [0.15, 0.2) is 0 Å². The molecule has 2 amide bonds. The largest absolute Gasteiger partial charge is 0.480 e. The summed E-state index contributed by atoms with van der Waals surface area (Å²) >= 11 is 4.22. The van der Waals surface area contributed by atoms with E-state index in [4.69, 9.17) is 5.11 Å². The van der Waals surface area contributed by atoms with Crippen LogP contribution in [0.15, 0.2) is 57.9 Å². The van der Waals surface area contributed by atoms with Crippen LogP contribution in [-0.2, 0) is 16.1 Å². The molecule has 0 saturated carbocycles. The molecule has 6 nitrogen and oxygen atoms in total. The summed E-state index contributed by atoms with van der Waals surface area (Å²) in [6.45, 7) is 2.01. The smallest absolute Gasteiger partial charge is 0.323 e. The molecule has 152 valence electrons. The first kappa shape index (κ1) is 20.4. The molecular weight excluding hydrogens is 468 g/mol. The molecule has 1 fully saturated rings. The zero-order chi connectivity index (χ0) is 21.4. The SMILES string of the molecule is Cc1c(/C=C2/SC(=O)N(CC(=O)O)C2=O)c2ccccc2n1Cc1ccc(Br)cc1. The number of hydrogen-bond donors (Lipinski definition) is 1. The number of hydrogen-bond acceptors (Lipinski definition) is 4. The summed E-state index contributed by atoms with van der Waals surface area (Å²) in [5, 5.41) is 9.36. The lowest BCUT2D eigenvalue weighted by molar-refractivity contribution is -0.140. The van der Waals surface area contributed by atoms with Crippen LogP contribution < -0.4 is 0 Å². The zero-order valence-corrected chi connectivity index (χ0v) is 18.4. The normalized spacial score (nSPS) is 15.5. The molecule has 0 atom stereocenters. The van der Waals surface area contributed by atoms with Crippen LogP contribution >= 0.6 is 27.7 Å². The molecule has 2 aromatic carbocycles. The Labute approximate surface area is 185 Å². The summed E-state index contributed by atoms with van der Waals surface area (Å²) in [4.78, 5) is 36.6. The highest BCUT2D eigenvalue weighted by Crippen LogP contribution is 2.35. The average molecular weight is 485 g/mol. The van der Waals surface area contributed by atoms with Crippen molar-refractivity contribution in [1.82, 2.24) is 9.47 Å². The number of aromatic nitrogens is 1. The van der Waals surface area contributed by atoms with Crippen molar-refractivity contribution < 1.29 is 19.5 Å². The van der Waals surface area contributed by atoms with Gasteiger partial charge in [0.1, 0.15) is 6.54 Å². The number of halogens is 1. The fourth-order valence-corrected chi connectivity index (χ4v) is 4.60. The first-order valence-electron chi connectivity index (χ1n) is 9.14. The molecule has 1 N–H and O–H groups in total. The predicted molar refractivity (Wildman–Crippen MR) is 120 cm³/mol. The lowest BCUT2D eigenvalue weighted by Gasteiger charge is -2.09. The molecule has 0 unspecified atom stereocenters. The molecule has 4 rings (SSSR count). The van der Waals surface area contributed by atoms with Crippen LogP contribution in [0.2, 0.25) is 0 Å². The van der Waals surface area contributed by atoms with E-state index < -0.39 is 23.7 Å². The number of benzene rings is 2. The van der Waals surface area contributed by atoms with Gasteiger partial charge >= 0.3 is 5.97 Å². The van der Waals surface area contributed by atoms with Gasteiger partial charge in [0.2, 0.25) is 0 Å². The standard InChI is InChI=1S/C22H17BrN2O4S/c1-13-17(10-19-21(28)25(12-20(26)27)22(29)30-19)16-4-2-3-5-18(16)24(13)11-14-6-8-15(23)9-7-14/h2-10H,11-12H2,1H3,(H,26,27)/b19-10+. The number of fused-ring (bicyclic) bond motifs is 1. The molecule has 1 aliphatic rings. The number of amides is 2. The van der Waals surface area contributed by atoms with Gasteiger partial charge < -0.3 is 9.67 Å². The summed E-state index contributed by atoms with van der Waals surface area (Å²) in [7, 11) is 0. The van der Waals surface area contributed by atoms with Gasteiger partial charge in [0.25, 0.3) is 11.1 Å². The topological polar surface area (TPSA) is 79.6 Å². The van der Waals surface area contributed by atoms with Gasteiger partial charge in [0.05, 0.1) is 4.91 Å². The minimum atomic E-state index is -1.22. The van der Waals surface area contributed by atoms with E-state index in [1.54, 1.807) is 6.08 Å². The quantitative estimate of drug-likeness (QED) is 0.521. The summed E-state index contributed by atoms with van der Waals surface area (Å²) in [5.74, 6) is -1.79. The highest BCUT2D eigenvalue weighted by molar-refractivity contribution is 9.10. The fourth-order valence-electron chi connectivity index (χ4n) is 3.52. The van der Waals surface area contributed by atoms with E-state index in [0.29, 0.717) is 6.54 Å². The Bertz CT molecular complexity index is 1210. The second kappa shape index (κ2) is 8.12. The Balaban J connectivity index is 1.77. The van der Waals surface area contributed by atoms with E-state index in [1.807, 2.05) is 43.3 Å². The first-order chi connectivity index (χ1) is 14.3. The van der Waals surface area contributed by atoms with E-state index in [-0.39, 0.29) is 4.91 Å². The second-order valence-electron chi connectivity index (χ2n) is 6.89. The van der Waals surface area contributed by atoms with E-state index >= 15 is 0 Å². The summed E-state index contributed by atoms with van der Waals surface area (Å²) < 4.78 is 3.18. The van der Waals surface area contributed by atoms with Crippen molar-refractivity contribution in [3.05, 3.63) is 74.7 Å². The number of nitrogens with zero attached hydrogens (tertiary/aromatic N) is 2. The summed E-state index contributed by atoms with van der Waals surface area (Å²) in [6.07, 6.45) is 1.70. The number of carboxylic acids is 1. The predicted octanol–water partition coefficient (Wildman–Crippen LogP) is 4.88. The molecule has 0 radical (unpaired) electrons. The number of rotatable bonds is 5. The average Bonchev–Trinajstić information content (AvgIpc) is 3.13. The highest BCUT2D eigenvalue weighted by atomic mass is 79.9. The van der Waals surface area contributed by atoms with Gasteiger partial charge in [-0.3, -0.25) is 19.3 Å². The summed E-state index contributed by atoms with van der Waals surface area (Å²) in [5.41, 5.74) is 3.97. The molecule has 1 aromatic heterocycles. The van der Waals surface area contributed by atoms with Crippen LogP contribution in [0.4, 0.5) is 4.79 Å². The highest BCUT2D eigenvalue weighted by Gasteiger charge is 2.36. The number of carbonyl (C=O) groups excluding carboxylic acids is 2. The van der Waals surface area contributed by atoms with Crippen molar-refractivity contribution in [1.29, 1.82) is 0 Å². The van der Waals surface area contributed by atoms with E-state index in [0.717, 1.165) is 48.9 Å². The number of aliphatic carboxylic acids is 1. The number of carboxylic acid groups (broad SMARTS) is 1. The van der Waals surface area contributed by atoms with E-state index in [9.17, 15) is 14.4 Å². The van der Waals surface area contributed by atoms with Crippen LogP contribution in [-0.4, -0.2) is 38.2 Å². The van der Waals surface area contributed by atoms with Crippen molar-refractivity contribution in [3.63, 3.8) is 0 Å². The second-order valence-corrected chi connectivity index (χ2v) is 8.80. The third-order valence-corrected chi connectivity index (χ3v) is 6.41. The van der Waals surface area contributed by atoms with Gasteiger partial charge in [-0.15, -0.1) is 0 Å². The summed E-state index contributed by atoms with van der Waals surface area (Å²) in [6, 6.07) is 16.0. The third kappa shape index (κ3) is 3.80. The van der Waals surface area contributed by atoms with E-state index in [1.165, 1.54) is 0 Å². The van der Waals surface area contributed by atoms with Crippen LogP contribution in [0.5, 0.6) is 0 Å². The minimum absolute atomic E-state index is 0.232. The Morgan fingerprint density at radius 2 is 1.83 bits per heavy atom. The van der Waals surface area contributed by atoms with Crippen molar-refractivity contribution in [3.8, 4) is 0 Å². The van der Waals surface area contributed by atoms with Gasteiger partial charge in [-0.1, -0.05) is 46.3 Å². The lowest BCUT2D eigenvalue weighted by atomic mass is 10.1. The maximum absolute atomic E-state index is 12.6. The number of carbonyl (C=O) groups is 3. The molecular formula is C22H17BrN2O4S. The number of para-hydroxylation sites is 1. The van der Waals surface area contributed by atoms with Crippen LogP contribution in [0, 0.1) is 6.92 Å². The van der Waals surface area contributed by atoms with Crippen LogP contribution in [0.25, 0.3) is 17.0 Å². The molecule has 8 heteroatoms. The number of thioether (sulfide) groups is 1.